The van der Waals surface area contributed by atoms with E-state index in [-0.39, 0.29) is 6.79 Å². The van der Waals surface area contributed by atoms with Gasteiger partial charge in [-0.25, -0.2) is 9.97 Å². The Morgan fingerprint density at radius 3 is 2.86 bits per heavy atom. The van der Waals surface area contributed by atoms with E-state index in [0.29, 0.717) is 12.5 Å². The first-order chi connectivity index (χ1) is 10.8. The quantitative estimate of drug-likeness (QED) is 0.798. The topological polar surface area (TPSA) is 82.3 Å². The van der Waals surface area contributed by atoms with Crippen LogP contribution >= 0.6 is 0 Å². The van der Waals surface area contributed by atoms with Gasteiger partial charge in [-0.15, -0.1) is 0 Å². The van der Waals surface area contributed by atoms with Crippen LogP contribution in [0.5, 0.6) is 11.5 Å². The molecular formula is C16H20N4O2. The van der Waals surface area contributed by atoms with E-state index in [4.69, 9.17) is 15.2 Å². The van der Waals surface area contributed by atoms with Crippen molar-refractivity contribution in [2.24, 2.45) is 5.73 Å². The third-order valence-electron chi connectivity index (χ3n) is 3.47. The van der Waals surface area contributed by atoms with E-state index in [1.807, 2.05) is 24.3 Å². The minimum Gasteiger partial charge on any atom is -0.454 e. The Balaban J connectivity index is 1.90. The molecule has 0 unspecified atom stereocenters. The van der Waals surface area contributed by atoms with Crippen molar-refractivity contribution in [3.8, 4) is 22.8 Å². The summed E-state index contributed by atoms with van der Waals surface area (Å²) in [7, 11) is 0. The summed E-state index contributed by atoms with van der Waals surface area (Å²) in [6.07, 6.45) is 2.20. The average Bonchev–Trinajstić information content (AvgIpc) is 3.02. The van der Waals surface area contributed by atoms with Crippen molar-refractivity contribution in [3.63, 3.8) is 0 Å². The predicted molar refractivity (Wildman–Crippen MR) is 84.9 cm³/mol. The van der Waals surface area contributed by atoms with Crippen LogP contribution in [0.4, 0.5) is 5.95 Å². The van der Waals surface area contributed by atoms with Crippen molar-refractivity contribution in [3.05, 3.63) is 30.0 Å². The number of anilines is 1. The largest absolute Gasteiger partial charge is 0.454 e. The lowest BCUT2D eigenvalue weighted by molar-refractivity contribution is 0.174. The summed E-state index contributed by atoms with van der Waals surface area (Å²) in [5, 5.41) is 3.25. The van der Waals surface area contributed by atoms with Gasteiger partial charge in [-0.1, -0.05) is 13.3 Å². The summed E-state index contributed by atoms with van der Waals surface area (Å²) in [6.45, 7) is 3.64. The first kappa shape index (κ1) is 14.6. The molecule has 1 aromatic carbocycles. The van der Waals surface area contributed by atoms with Gasteiger partial charge in [0.05, 0.1) is 11.4 Å². The zero-order chi connectivity index (χ0) is 15.4. The second-order valence-electron chi connectivity index (χ2n) is 5.12. The van der Waals surface area contributed by atoms with Gasteiger partial charge in [-0.2, -0.15) is 0 Å². The van der Waals surface area contributed by atoms with E-state index in [0.717, 1.165) is 47.8 Å². The van der Waals surface area contributed by atoms with Gasteiger partial charge in [-0.3, -0.25) is 0 Å². The van der Waals surface area contributed by atoms with Crippen LogP contribution in [0.1, 0.15) is 25.5 Å². The Morgan fingerprint density at radius 2 is 2.05 bits per heavy atom. The molecule has 0 atom stereocenters. The molecule has 2 aromatic rings. The molecule has 0 radical (unpaired) electrons. The minimum atomic E-state index is 0.264. The number of fused-ring (bicyclic) bond motifs is 1. The molecule has 2 heterocycles. The van der Waals surface area contributed by atoms with Crippen molar-refractivity contribution in [2.75, 3.05) is 18.7 Å². The van der Waals surface area contributed by atoms with Crippen molar-refractivity contribution >= 4 is 5.95 Å². The van der Waals surface area contributed by atoms with E-state index in [1.165, 1.54) is 0 Å². The number of unbranched alkanes of at least 4 members (excludes halogenated alkanes) is 1. The second-order valence-corrected chi connectivity index (χ2v) is 5.12. The van der Waals surface area contributed by atoms with E-state index >= 15 is 0 Å². The lowest BCUT2D eigenvalue weighted by Crippen LogP contribution is -2.09. The Morgan fingerprint density at radius 1 is 1.18 bits per heavy atom. The highest BCUT2D eigenvalue weighted by molar-refractivity contribution is 5.65. The van der Waals surface area contributed by atoms with Crippen molar-refractivity contribution < 1.29 is 9.47 Å². The Hall–Kier alpha value is -2.34. The number of nitrogens with two attached hydrogens (primary N) is 1. The number of ether oxygens (including phenoxy) is 2. The molecule has 1 aromatic heterocycles. The number of hydrogen-bond acceptors (Lipinski definition) is 6. The number of benzene rings is 1. The molecule has 0 fully saturated rings. The van der Waals surface area contributed by atoms with Crippen LogP contribution < -0.4 is 20.5 Å². The van der Waals surface area contributed by atoms with Crippen molar-refractivity contribution in [1.29, 1.82) is 0 Å². The summed E-state index contributed by atoms with van der Waals surface area (Å²) in [5.41, 5.74) is 8.34. The van der Waals surface area contributed by atoms with Gasteiger partial charge >= 0.3 is 0 Å². The lowest BCUT2D eigenvalue weighted by Gasteiger charge is -2.09. The standard InChI is InChI=1S/C16H20N4O2/c1-2-3-6-18-16-19-12(9-17)8-13(20-16)11-4-5-14-15(7-11)22-10-21-14/h4-5,7-8H,2-3,6,9-10,17H2,1H3,(H,18,19,20). The van der Waals surface area contributed by atoms with Crippen LogP contribution in [-0.2, 0) is 6.54 Å². The van der Waals surface area contributed by atoms with E-state index in [2.05, 4.69) is 22.2 Å². The first-order valence-electron chi connectivity index (χ1n) is 7.52. The fourth-order valence-electron chi connectivity index (χ4n) is 2.26. The SMILES string of the molecule is CCCCNc1nc(CN)cc(-c2ccc3c(c2)OCO3)n1. The van der Waals surface area contributed by atoms with Gasteiger partial charge in [0.25, 0.3) is 0 Å². The van der Waals surface area contributed by atoms with Crippen molar-refractivity contribution in [1.82, 2.24) is 9.97 Å². The van der Waals surface area contributed by atoms with Gasteiger partial charge in [0.1, 0.15) is 0 Å². The zero-order valence-electron chi connectivity index (χ0n) is 12.6. The van der Waals surface area contributed by atoms with Gasteiger partial charge in [0.2, 0.25) is 12.7 Å². The van der Waals surface area contributed by atoms with Crippen LogP contribution in [0.2, 0.25) is 0 Å². The lowest BCUT2D eigenvalue weighted by atomic mass is 10.1. The van der Waals surface area contributed by atoms with Gasteiger partial charge < -0.3 is 20.5 Å². The number of nitrogens with one attached hydrogen (secondary N) is 1. The highest BCUT2D eigenvalue weighted by atomic mass is 16.7. The number of nitrogens with zero attached hydrogens (tertiary/aromatic N) is 2. The maximum atomic E-state index is 5.75. The molecule has 0 spiro atoms. The fraction of sp³-hybridized carbons (Fsp3) is 0.375. The van der Waals surface area contributed by atoms with E-state index in [9.17, 15) is 0 Å². The maximum absolute atomic E-state index is 5.75. The summed E-state index contributed by atoms with van der Waals surface area (Å²) < 4.78 is 10.8. The Labute approximate surface area is 129 Å². The molecule has 3 N–H and O–H groups in total. The van der Waals surface area contributed by atoms with Gasteiger partial charge in [-0.05, 0) is 30.7 Å². The Bertz CT molecular complexity index is 661. The predicted octanol–water partition coefficient (Wildman–Crippen LogP) is 2.54. The molecule has 1 aliphatic rings. The number of aromatic nitrogens is 2. The Kier molecular flexibility index (Phi) is 4.39. The van der Waals surface area contributed by atoms with Gasteiger partial charge in [0, 0.05) is 18.7 Å². The molecule has 6 heteroatoms. The molecule has 22 heavy (non-hydrogen) atoms. The molecule has 0 amide bonds. The first-order valence-corrected chi connectivity index (χ1v) is 7.52. The zero-order valence-corrected chi connectivity index (χ0v) is 12.6. The van der Waals surface area contributed by atoms with Gasteiger partial charge in [0.15, 0.2) is 11.5 Å². The number of hydrogen-bond donors (Lipinski definition) is 2. The average molecular weight is 300 g/mol. The fourth-order valence-corrected chi connectivity index (χ4v) is 2.26. The summed E-state index contributed by atoms with van der Waals surface area (Å²) in [6, 6.07) is 7.70. The third kappa shape index (κ3) is 3.12. The maximum Gasteiger partial charge on any atom is 0.231 e. The van der Waals surface area contributed by atoms with Crippen LogP contribution in [-0.4, -0.2) is 23.3 Å². The van der Waals surface area contributed by atoms with Crippen LogP contribution in [0.25, 0.3) is 11.3 Å². The highest BCUT2D eigenvalue weighted by Gasteiger charge is 2.15. The normalized spacial score (nSPS) is 12.5. The molecule has 116 valence electrons. The highest BCUT2D eigenvalue weighted by Crippen LogP contribution is 2.35. The van der Waals surface area contributed by atoms with Crippen molar-refractivity contribution in [2.45, 2.75) is 26.3 Å². The molecule has 3 rings (SSSR count). The molecule has 0 saturated heterocycles. The van der Waals surface area contributed by atoms with Crippen LogP contribution in [0.15, 0.2) is 24.3 Å². The van der Waals surface area contributed by atoms with Crippen LogP contribution in [0.3, 0.4) is 0 Å². The second kappa shape index (κ2) is 6.62. The molecular weight excluding hydrogens is 280 g/mol. The van der Waals surface area contributed by atoms with E-state index in [1.54, 1.807) is 0 Å². The summed E-state index contributed by atoms with van der Waals surface area (Å²) in [5.74, 6) is 2.12. The van der Waals surface area contributed by atoms with Crippen LogP contribution in [0, 0.1) is 0 Å². The molecule has 1 aliphatic heterocycles. The molecule has 0 aliphatic carbocycles. The summed E-state index contributed by atoms with van der Waals surface area (Å²) in [4.78, 5) is 8.99. The monoisotopic (exact) mass is 300 g/mol. The minimum absolute atomic E-state index is 0.264. The molecule has 0 bridgehead atoms. The summed E-state index contributed by atoms with van der Waals surface area (Å²) >= 11 is 0. The molecule has 0 saturated carbocycles. The number of rotatable bonds is 6. The van der Waals surface area contributed by atoms with E-state index < -0.39 is 0 Å². The molecule has 6 nitrogen and oxygen atoms in total. The smallest absolute Gasteiger partial charge is 0.231 e. The third-order valence-corrected chi connectivity index (χ3v) is 3.47.